The summed E-state index contributed by atoms with van der Waals surface area (Å²) >= 11 is 0. The minimum Gasteiger partial charge on any atom is -0.493 e. The third-order valence-electron chi connectivity index (χ3n) is 2.35. The summed E-state index contributed by atoms with van der Waals surface area (Å²) in [5.74, 6) is 1.28. The highest BCUT2D eigenvalue weighted by atomic mass is 16.6. The van der Waals surface area contributed by atoms with Crippen LogP contribution in [0.5, 0.6) is 11.5 Å². The number of para-hydroxylation sites is 1. The van der Waals surface area contributed by atoms with Crippen molar-refractivity contribution in [2.24, 2.45) is 0 Å². The summed E-state index contributed by atoms with van der Waals surface area (Å²) in [5, 5.41) is 0. The van der Waals surface area contributed by atoms with Crippen molar-refractivity contribution in [2.45, 2.75) is 32.9 Å². The van der Waals surface area contributed by atoms with Crippen molar-refractivity contribution >= 4 is 6.09 Å². The number of hydrogen-bond acceptors (Lipinski definition) is 5. The second kappa shape index (κ2) is 7.00. The fourth-order valence-corrected chi connectivity index (χ4v) is 1.61. The van der Waals surface area contributed by atoms with Gasteiger partial charge in [-0.15, -0.1) is 0 Å². The molecule has 1 aromatic rings. The number of amides is 1. The smallest absolute Gasteiger partial charge is 0.422 e. The fourth-order valence-electron chi connectivity index (χ4n) is 1.61. The minimum absolute atomic E-state index is 0.389. The van der Waals surface area contributed by atoms with Gasteiger partial charge < -0.3 is 14.2 Å². The van der Waals surface area contributed by atoms with Crippen molar-refractivity contribution < 1.29 is 19.0 Å². The summed E-state index contributed by atoms with van der Waals surface area (Å²) < 4.78 is 15.6. The topological polar surface area (TPSA) is 68.8 Å². The number of nitrogens with one attached hydrogen (secondary N) is 2. The van der Waals surface area contributed by atoms with Crippen molar-refractivity contribution in [1.29, 1.82) is 0 Å². The van der Waals surface area contributed by atoms with Crippen molar-refractivity contribution in [3.63, 3.8) is 0 Å². The van der Waals surface area contributed by atoms with Crippen molar-refractivity contribution in [3.05, 3.63) is 23.8 Å². The molecule has 112 valence electrons. The quantitative estimate of drug-likeness (QED) is 0.811. The number of hydrogen-bond donors (Lipinski definition) is 2. The van der Waals surface area contributed by atoms with Crippen LogP contribution in [-0.4, -0.2) is 25.9 Å². The molecule has 0 radical (unpaired) electrons. The van der Waals surface area contributed by atoms with Gasteiger partial charge in [-0.05, 0) is 26.8 Å². The SMILES string of the molecule is COc1cccc(CNNC(=O)OC(C)(C)C)c1OC. The van der Waals surface area contributed by atoms with E-state index in [0.717, 1.165) is 5.56 Å². The van der Waals surface area contributed by atoms with E-state index < -0.39 is 11.7 Å². The van der Waals surface area contributed by atoms with Gasteiger partial charge in [0, 0.05) is 12.1 Å². The molecule has 0 fully saturated rings. The lowest BCUT2D eigenvalue weighted by atomic mass is 10.2. The average molecular weight is 282 g/mol. The van der Waals surface area contributed by atoms with E-state index in [1.54, 1.807) is 35.0 Å². The molecule has 2 N–H and O–H groups in total. The molecule has 0 unspecified atom stereocenters. The van der Waals surface area contributed by atoms with E-state index in [9.17, 15) is 4.79 Å². The highest BCUT2D eigenvalue weighted by Gasteiger charge is 2.16. The molecule has 1 aromatic carbocycles. The van der Waals surface area contributed by atoms with Gasteiger partial charge in [0.2, 0.25) is 0 Å². The molecular formula is C14H22N2O4. The van der Waals surface area contributed by atoms with Gasteiger partial charge in [-0.2, -0.15) is 0 Å². The molecular weight excluding hydrogens is 260 g/mol. The van der Waals surface area contributed by atoms with Gasteiger partial charge >= 0.3 is 6.09 Å². The van der Waals surface area contributed by atoms with Gasteiger partial charge in [0.1, 0.15) is 5.60 Å². The second-order valence-electron chi connectivity index (χ2n) is 5.13. The van der Waals surface area contributed by atoms with Gasteiger partial charge in [-0.3, -0.25) is 5.43 Å². The third-order valence-corrected chi connectivity index (χ3v) is 2.35. The van der Waals surface area contributed by atoms with Crippen LogP contribution >= 0.6 is 0 Å². The molecule has 0 saturated carbocycles. The van der Waals surface area contributed by atoms with Gasteiger partial charge in [0.25, 0.3) is 0 Å². The van der Waals surface area contributed by atoms with Crippen LogP contribution in [0.1, 0.15) is 26.3 Å². The molecule has 1 rings (SSSR count). The van der Waals surface area contributed by atoms with Crippen molar-refractivity contribution in [1.82, 2.24) is 10.9 Å². The zero-order chi connectivity index (χ0) is 15.2. The number of carbonyl (C=O) groups excluding carboxylic acids is 1. The summed E-state index contributed by atoms with van der Waals surface area (Å²) in [7, 11) is 3.15. The lowest BCUT2D eigenvalue weighted by Gasteiger charge is -2.20. The molecule has 0 aromatic heterocycles. The van der Waals surface area contributed by atoms with Crippen molar-refractivity contribution in [2.75, 3.05) is 14.2 Å². The standard InChI is InChI=1S/C14H22N2O4/c1-14(2,3)20-13(17)16-15-9-10-7-6-8-11(18-4)12(10)19-5/h6-8,15H,9H2,1-5H3,(H,16,17). The molecule has 0 aliphatic rings. The summed E-state index contributed by atoms with van der Waals surface area (Å²) in [6.07, 6.45) is -0.528. The van der Waals surface area contributed by atoms with Crippen LogP contribution in [0.2, 0.25) is 0 Å². The molecule has 6 nitrogen and oxygen atoms in total. The Labute approximate surface area is 119 Å². The largest absolute Gasteiger partial charge is 0.493 e. The predicted molar refractivity (Wildman–Crippen MR) is 75.8 cm³/mol. The Morgan fingerprint density at radius 1 is 1.20 bits per heavy atom. The lowest BCUT2D eigenvalue weighted by Crippen LogP contribution is -2.40. The van der Waals surface area contributed by atoms with Gasteiger partial charge in [0.15, 0.2) is 11.5 Å². The van der Waals surface area contributed by atoms with E-state index in [2.05, 4.69) is 10.9 Å². The number of methoxy groups -OCH3 is 2. The lowest BCUT2D eigenvalue weighted by molar-refractivity contribution is 0.0497. The van der Waals surface area contributed by atoms with E-state index >= 15 is 0 Å². The fraction of sp³-hybridized carbons (Fsp3) is 0.500. The van der Waals surface area contributed by atoms with Gasteiger partial charge in [0.05, 0.1) is 14.2 Å². The monoisotopic (exact) mass is 282 g/mol. The van der Waals surface area contributed by atoms with Crippen LogP contribution in [0.15, 0.2) is 18.2 Å². The normalized spacial score (nSPS) is 10.8. The highest BCUT2D eigenvalue weighted by Crippen LogP contribution is 2.30. The summed E-state index contributed by atoms with van der Waals surface area (Å²) in [5.41, 5.74) is 5.59. The molecule has 0 atom stereocenters. The van der Waals surface area contributed by atoms with E-state index in [-0.39, 0.29) is 0 Å². The molecule has 20 heavy (non-hydrogen) atoms. The van der Waals surface area contributed by atoms with E-state index in [4.69, 9.17) is 14.2 Å². The highest BCUT2D eigenvalue weighted by molar-refractivity contribution is 5.67. The van der Waals surface area contributed by atoms with Crippen LogP contribution in [0.4, 0.5) is 4.79 Å². The molecule has 0 aliphatic carbocycles. The Kier molecular flexibility index (Phi) is 5.64. The first-order chi connectivity index (χ1) is 9.37. The molecule has 0 saturated heterocycles. The Balaban J connectivity index is 2.56. The van der Waals surface area contributed by atoms with Crippen LogP contribution in [0.3, 0.4) is 0 Å². The van der Waals surface area contributed by atoms with E-state index in [1.165, 1.54) is 0 Å². The number of carbonyl (C=O) groups is 1. The van der Waals surface area contributed by atoms with E-state index in [1.807, 2.05) is 18.2 Å². The summed E-state index contributed by atoms with van der Waals surface area (Å²) in [4.78, 5) is 11.5. The first kappa shape index (κ1) is 16.1. The van der Waals surface area contributed by atoms with Gasteiger partial charge in [-0.25, -0.2) is 10.2 Å². The molecule has 1 amide bonds. The maximum atomic E-state index is 11.5. The van der Waals surface area contributed by atoms with Gasteiger partial charge in [-0.1, -0.05) is 12.1 Å². The Morgan fingerprint density at radius 3 is 2.45 bits per heavy atom. The maximum absolute atomic E-state index is 11.5. The number of benzene rings is 1. The Bertz CT molecular complexity index is 455. The predicted octanol–water partition coefficient (Wildman–Crippen LogP) is 2.23. The Morgan fingerprint density at radius 2 is 1.90 bits per heavy atom. The zero-order valence-corrected chi connectivity index (χ0v) is 12.6. The molecule has 0 aliphatic heterocycles. The summed E-state index contributed by atoms with van der Waals surface area (Å²) in [6, 6.07) is 5.54. The first-order valence-electron chi connectivity index (χ1n) is 6.29. The van der Waals surface area contributed by atoms with Crippen molar-refractivity contribution in [3.8, 4) is 11.5 Å². The third kappa shape index (κ3) is 4.97. The number of ether oxygens (including phenoxy) is 3. The number of rotatable bonds is 5. The van der Waals surface area contributed by atoms with Crippen LogP contribution in [0, 0.1) is 0 Å². The first-order valence-corrected chi connectivity index (χ1v) is 6.29. The molecule has 0 bridgehead atoms. The van der Waals surface area contributed by atoms with Crippen LogP contribution < -0.4 is 20.3 Å². The molecule has 0 heterocycles. The molecule has 6 heteroatoms. The zero-order valence-electron chi connectivity index (χ0n) is 12.6. The van der Waals surface area contributed by atoms with E-state index in [0.29, 0.717) is 18.0 Å². The summed E-state index contributed by atoms with van der Waals surface area (Å²) in [6.45, 7) is 5.80. The average Bonchev–Trinajstić information content (AvgIpc) is 2.36. The molecule has 0 spiro atoms. The minimum atomic E-state index is -0.528. The van der Waals surface area contributed by atoms with Crippen LogP contribution in [-0.2, 0) is 11.3 Å². The maximum Gasteiger partial charge on any atom is 0.422 e. The number of hydrazine groups is 1. The van der Waals surface area contributed by atoms with Crippen LogP contribution in [0.25, 0.3) is 0 Å². The Hall–Kier alpha value is -1.95. The second-order valence-corrected chi connectivity index (χ2v) is 5.13.